The van der Waals surface area contributed by atoms with Crippen molar-refractivity contribution in [2.45, 2.75) is 18.2 Å². The van der Waals surface area contributed by atoms with E-state index in [4.69, 9.17) is 11.6 Å². The zero-order valence-electron chi connectivity index (χ0n) is 9.78. The van der Waals surface area contributed by atoms with Crippen LogP contribution in [-0.4, -0.2) is 9.97 Å². The zero-order chi connectivity index (χ0) is 13.8. The maximum atomic E-state index is 12.9. The van der Waals surface area contributed by atoms with Gasteiger partial charge in [0.25, 0.3) is 6.43 Å². The topological polar surface area (TPSA) is 25.8 Å². The van der Waals surface area contributed by atoms with Gasteiger partial charge in [-0.2, -0.15) is 0 Å². The summed E-state index contributed by atoms with van der Waals surface area (Å²) in [4.78, 5) is 8.03. The standard InChI is InChI=1S/C13H10BrClF2N2/c14-6-9-7-18-11(19-12(9)13(16)17)5-8-2-1-3-10(15)4-8/h1-4,7,13H,5-6H2. The molecule has 100 valence electrons. The number of benzene rings is 1. The van der Waals surface area contributed by atoms with E-state index in [1.165, 1.54) is 6.20 Å². The normalized spacial score (nSPS) is 11.0. The molecule has 1 heterocycles. The highest BCUT2D eigenvalue weighted by Crippen LogP contribution is 2.23. The molecular weight excluding hydrogens is 338 g/mol. The number of halogens is 4. The molecule has 0 bridgehead atoms. The minimum absolute atomic E-state index is 0.219. The molecule has 0 aliphatic rings. The molecular formula is C13H10BrClF2N2. The fourth-order valence-electron chi connectivity index (χ4n) is 1.66. The van der Waals surface area contributed by atoms with E-state index in [0.717, 1.165) is 5.56 Å². The minimum Gasteiger partial charge on any atom is -0.241 e. The molecule has 0 saturated carbocycles. The lowest BCUT2D eigenvalue weighted by Gasteiger charge is -2.07. The lowest BCUT2D eigenvalue weighted by atomic mass is 10.1. The Hall–Kier alpha value is -1.07. The van der Waals surface area contributed by atoms with Crippen LogP contribution < -0.4 is 0 Å². The predicted molar refractivity (Wildman–Crippen MR) is 73.9 cm³/mol. The molecule has 0 spiro atoms. The fourth-order valence-corrected chi connectivity index (χ4v) is 2.31. The number of rotatable bonds is 4. The molecule has 0 saturated heterocycles. The van der Waals surface area contributed by atoms with Crippen molar-refractivity contribution in [3.63, 3.8) is 0 Å². The van der Waals surface area contributed by atoms with Gasteiger partial charge in [-0.25, -0.2) is 18.7 Å². The second-order valence-corrected chi connectivity index (χ2v) is 4.93. The van der Waals surface area contributed by atoms with Crippen LogP contribution in [0.2, 0.25) is 5.02 Å². The van der Waals surface area contributed by atoms with Crippen molar-refractivity contribution in [1.29, 1.82) is 0 Å². The van der Waals surface area contributed by atoms with Crippen LogP contribution in [-0.2, 0) is 11.8 Å². The Morgan fingerprint density at radius 3 is 2.74 bits per heavy atom. The van der Waals surface area contributed by atoms with Gasteiger partial charge in [0.2, 0.25) is 0 Å². The highest BCUT2D eigenvalue weighted by molar-refractivity contribution is 9.08. The third-order valence-electron chi connectivity index (χ3n) is 2.55. The van der Waals surface area contributed by atoms with Gasteiger partial charge in [0, 0.05) is 28.5 Å². The Balaban J connectivity index is 2.28. The smallest absolute Gasteiger partial charge is 0.241 e. The van der Waals surface area contributed by atoms with Gasteiger partial charge < -0.3 is 0 Å². The Bertz CT molecular complexity index is 578. The van der Waals surface area contributed by atoms with Gasteiger partial charge in [-0.1, -0.05) is 39.7 Å². The SMILES string of the molecule is FC(F)c1nc(Cc2cccc(Cl)c2)ncc1CBr. The molecule has 6 heteroatoms. The van der Waals surface area contributed by atoms with Gasteiger partial charge >= 0.3 is 0 Å². The van der Waals surface area contributed by atoms with Crippen LogP contribution in [0.25, 0.3) is 0 Å². The summed E-state index contributed by atoms with van der Waals surface area (Å²) in [5.41, 5.74) is 1.08. The molecule has 1 aromatic carbocycles. The monoisotopic (exact) mass is 346 g/mol. The molecule has 1 aromatic heterocycles. The predicted octanol–water partition coefficient (Wildman–Crippen LogP) is 4.55. The molecule has 0 aliphatic heterocycles. The Labute approximate surface area is 123 Å². The molecule has 0 radical (unpaired) electrons. The minimum atomic E-state index is -2.60. The van der Waals surface area contributed by atoms with Crippen molar-refractivity contribution in [2.24, 2.45) is 0 Å². The van der Waals surface area contributed by atoms with Gasteiger partial charge in [-0.05, 0) is 17.7 Å². The number of aromatic nitrogens is 2. The summed E-state index contributed by atoms with van der Waals surface area (Å²) in [6.45, 7) is 0. The second kappa shape index (κ2) is 6.39. The number of hydrogen-bond donors (Lipinski definition) is 0. The zero-order valence-corrected chi connectivity index (χ0v) is 12.1. The van der Waals surface area contributed by atoms with Crippen LogP contribution in [0.4, 0.5) is 8.78 Å². The van der Waals surface area contributed by atoms with Gasteiger partial charge in [0.1, 0.15) is 11.5 Å². The fraction of sp³-hybridized carbons (Fsp3) is 0.231. The summed E-state index contributed by atoms with van der Waals surface area (Å²) >= 11 is 9.02. The van der Waals surface area contributed by atoms with Gasteiger partial charge in [0.05, 0.1) is 0 Å². The van der Waals surface area contributed by atoms with Crippen LogP contribution >= 0.6 is 27.5 Å². The largest absolute Gasteiger partial charge is 0.280 e. The van der Waals surface area contributed by atoms with Crippen LogP contribution in [0.15, 0.2) is 30.5 Å². The molecule has 0 amide bonds. The molecule has 0 aliphatic carbocycles. The molecule has 2 nitrogen and oxygen atoms in total. The third kappa shape index (κ3) is 3.70. The molecule has 0 atom stereocenters. The highest BCUT2D eigenvalue weighted by atomic mass is 79.9. The first-order valence-corrected chi connectivity index (χ1v) is 7.03. The molecule has 0 fully saturated rings. The Morgan fingerprint density at radius 2 is 2.11 bits per heavy atom. The summed E-state index contributed by atoms with van der Waals surface area (Å²) in [6, 6.07) is 7.18. The average molecular weight is 348 g/mol. The van der Waals surface area contributed by atoms with E-state index in [0.29, 0.717) is 28.2 Å². The van der Waals surface area contributed by atoms with E-state index in [9.17, 15) is 8.78 Å². The third-order valence-corrected chi connectivity index (χ3v) is 3.39. The number of hydrogen-bond acceptors (Lipinski definition) is 2. The van der Waals surface area contributed by atoms with Crippen LogP contribution in [0.5, 0.6) is 0 Å². The summed E-state index contributed by atoms with van der Waals surface area (Å²) in [5, 5.41) is 0.910. The van der Waals surface area contributed by atoms with Crippen LogP contribution in [0, 0.1) is 0 Å². The molecule has 0 unspecified atom stereocenters. The quantitative estimate of drug-likeness (QED) is 0.758. The van der Waals surface area contributed by atoms with E-state index in [2.05, 4.69) is 25.9 Å². The van der Waals surface area contributed by atoms with Gasteiger partial charge in [0.15, 0.2) is 0 Å². The summed E-state index contributed by atoms with van der Waals surface area (Å²) in [5.74, 6) is 0.363. The maximum Gasteiger partial charge on any atom is 0.280 e. The molecule has 2 aromatic rings. The van der Waals surface area contributed by atoms with Gasteiger partial charge in [-0.15, -0.1) is 0 Å². The van der Waals surface area contributed by atoms with Crippen LogP contribution in [0.3, 0.4) is 0 Å². The van der Waals surface area contributed by atoms with E-state index in [1.807, 2.05) is 6.07 Å². The molecule has 19 heavy (non-hydrogen) atoms. The average Bonchev–Trinajstić information content (AvgIpc) is 2.38. The van der Waals surface area contributed by atoms with Crippen molar-refractivity contribution >= 4 is 27.5 Å². The van der Waals surface area contributed by atoms with E-state index in [-0.39, 0.29) is 5.69 Å². The van der Waals surface area contributed by atoms with Crippen LogP contribution in [0.1, 0.15) is 29.1 Å². The lowest BCUT2D eigenvalue weighted by molar-refractivity contribution is 0.144. The van der Waals surface area contributed by atoms with Crippen molar-refractivity contribution in [3.8, 4) is 0 Å². The van der Waals surface area contributed by atoms with E-state index >= 15 is 0 Å². The molecule has 2 rings (SSSR count). The highest BCUT2D eigenvalue weighted by Gasteiger charge is 2.16. The van der Waals surface area contributed by atoms with Crippen molar-refractivity contribution < 1.29 is 8.78 Å². The lowest BCUT2D eigenvalue weighted by Crippen LogP contribution is -2.04. The van der Waals surface area contributed by atoms with Crippen molar-refractivity contribution in [2.75, 3.05) is 0 Å². The first kappa shape index (κ1) is 14.3. The van der Waals surface area contributed by atoms with Crippen molar-refractivity contribution in [3.05, 3.63) is 58.1 Å². The summed E-state index contributed by atoms with van der Waals surface area (Å²) in [7, 11) is 0. The van der Waals surface area contributed by atoms with E-state index in [1.54, 1.807) is 18.2 Å². The molecule has 0 N–H and O–H groups in total. The first-order valence-electron chi connectivity index (χ1n) is 5.53. The van der Waals surface area contributed by atoms with Gasteiger partial charge in [-0.3, -0.25) is 0 Å². The number of nitrogens with zero attached hydrogens (tertiary/aromatic N) is 2. The summed E-state index contributed by atoms with van der Waals surface area (Å²) in [6.07, 6.45) is -0.792. The maximum absolute atomic E-state index is 12.9. The first-order chi connectivity index (χ1) is 9.10. The number of alkyl halides is 3. The van der Waals surface area contributed by atoms with Crippen molar-refractivity contribution in [1.82, 2.24) is 9.97 Å². The summed E-state index contributed by atoms with van der Waals surface area (Å²) < 4.78 is 25.7. The second-order valence-electron chi connectivity index (χ2n) is 3.94. The Morgan fingerprint density at radius 1 is 1.32 bits per heavy atom. The Kier molecular flexibility index (Phi) is 4.82. The van der Waals surface area contributed by atoms with E-state index < -0.39 is 6.43 Å².